The Bertz CT molecular complexity index is 433. The Kier molecular flexibility index (Phi) is 6.63. The fourth-order valence-electron chi connectivity index (χ4n) is 3.38. The SMILES string of the molecule is C[C@@H](C(=O)NC(C)(C)C)N1CCN(CC(=O)N2CCCCC2)CC1. The summed E-state index contributed by atoms with van der Waals surface area (Å²) in [4.78, 5) is 31.1. The number of nitrogens with one attached hydrogen (secondary N) is 1. The van der Waals surface area contributed by atoms with Crippen LogP contribution in [0.2, 0.25) is 0 Å². The van der Waals surface area contributed by atoms with Crippen LogP contribution in [0, 0.1) is 0 Å². The fraction of sp³-hybridized carbons (Fsp3) is 0.889. The second kappa shape index (κ2) is 8.30. The largest absolute Gasteiger partial charge is 0.350 e. The van der Waals surface area contributed by atoms with E-state index in [4.69, 9.17) is 0 Å². The molecule has 0 radical (unpaired) electrons. The van der Waals surface area contributed by atoms with E-state index in [1.807, 2.05) is 32.6 Å². The maximum absolute atomic E-state index is 12.4. The number of hydrogen-bond acceptors (Lipinski definition) is 4. The Hall–Kier alpha value is -1.14. The number of amides is 2. The van der Waals surface area contributed by atoms with Gasteiger partial charge in [-0.15, -0.1) is 0 Å². The number of piperazine rings is 1. The molecule has 2 amide bonds. The maximum Gasteiger partial charge on any atom is 0.237 e. The minimum atomic E-state index is -0.200. The van der Waals surface area contributed by atoms with Gasteiger partial charge >= 0.3 is 0 Å². The first-order valence-corrected chi connectivity index (χ1v) is 9.32. The predicted molar refractivity (Wildman–Crippen MR) is 95.8 cm³/mol. The molecule has 0 bridgehead atoms. The van der Waals surface area contributed by atoms with E-state index in [1.54, 1.807) is 0 Å². The normalized spacial score (nSPS) is 22.2. The molecule has 0 saturated carbocycles. The zero-order valence-electron chi connectivity index (χ0n) is 15.8. The highest BCUT2D eigenvalue weighted by atomic mass is 16.2. The van der Waals surface area contributed by atoms with Gasteiger partial charge in [0.25, 0.3) is 0 Å². The van der Waals surface area contributed by atoms with Gasteiger partial charge in [-0.3, -0.25) is 19.4 Å². The van der Waals surface area contributed by atoms with Crippen molar-refractivity contribution in [3.05, 3.63) is 0 Å². The summed E-state index contributed by atoms with van der Waals surface area (Å²) in [7, 11) is 0. The minimum absolute atomic E-state index is 0.0837. The van der Waals surface area contributed by atoms with Gasteiger partial charge in [-0.1, -0.05) is 0 Å². The molecule has 2 aliphatic rings. The lowest BCUT2D eigenvalue weighted by molar-refractivity contribution is -0.134. The molecule has 6 nitrogen and oxygen atoms in total. The molecule has 2 aliphatic heterocycles. The maximum atomic E-state index is 12.4. The highest BCUT2D eigenvalue weighted by Gasteiger charge is 2.28. The summed E-state index contributed by atoms with van der Waals surface area (Å²) in [5.74, 6) is 0.349. The number of likely N-dealkylation sites (tertiary alicyclic amines) is 1. The lowest BCUT2D eigenvalue weighted by Crippen LogP contribution is -2.57. The van der Waals surface area contributed by atoms with Crippen molar-refractivity contribution in [3.8, 4) is 0 Å². The van der Waals surface area contributed by atoms with Gasteiger partial charge in [0.2, 0.25) is 11.8 Å². The summed E-state index contributed by atoms with van der Waals surface area (Å²) < 4.78 is 0. The molecule has 2 fully saturated rings. The highest BCUT2D eigenvalue weighted by Crippen LogP contribution is 2.11. The van der Waals surface area contributed by atoms with Crippen molar-refractivity contribution >= 4 is 11.8 Å². The first kappa shape index (κ1) is 19.2. The molecule has 1 N–H and O–H groups in total. The monoisotopic (exact) mass is 338 g/mol. The van der Waals surface area contributed by atoms with E-state index in [1.165, 1.54) is 6.42 Å². The smallest absolute Gasteiger partial charge is 0.237 e. The van der Waals surface area contributed by atoms with Crippen LogP contribution in [0.5, 0.6) is 0 Å². The van der Waals surface area contributed by atoms with Crippen LogP contribution in [0.1, 0.15) is 47.0 Å². The number of nitrogens with zero attached hydrogens (tertiary/aromatic N) is 3. The molecule has 0 aromatic heterocycles. The third-order valence-electron chi connectivity index (χ3n) is 4.90. The van der Waals surface area contributed by atoms with Crippen LogP contribution in [0.25, 0.3) is 0 Å². The van der Waals surface area contributed by atoms with Gasteiger partial charge in [-0.25, -0.2) is 0 Å². The van der Waals surface area contributed by atoms with Crippen LogP contribution in [0.15, 0.2) is 0 Å². The van der Waals surface area contributed by atoms with Gasteiger partial charge in [0.05, 0.1) is 12.6 Å². The van der Waals surface area contributed by atoms with Crippen LogP contribution >= 0.6 is 0 Å². The molecule has 2 rings (SSSR count). The zero-order valence-corrected chi connectivity index (χ0v) is 15.8. The van der Waals surface area contributed by atoms with Crippen LogP contribution in [0.4, 0.5) is 0 Å². The van der Waals surface area contributed by atoms with Crippen LogP contribution < -0.4 is 5.32 Å². The average molecular weight is 338 g/mol. The molecule has 2 saturated heterocycles. The lowest BCUT2D eigenvalue weighted by Gasteiger charge is -2.38. The van der Waals surface area contributed by atoms with Gasteiger partial charge in [0.15, 0.2) is 0 Å². The van der Waals surface area contributed by atoms with E-state index >= 15 is 0 Å². The summed E-state index contributed by atoms with van der Waals surface area (Å²) in [5, 5.41) is 3.05. The lowest BCUT2D eigenvalue weighted by atomic mass is 10.1. The summed E-state index contributed by atoms with van der Waals surface area (Å²) in [6, 6.07) is -0.121. The van der Waals surface area contributed by atoms with Crippen molar-refractivity contribution in [3.63, 3.8) is 0 Å². The van der Waals surface area contributed by atoms with Crippen LogP contribution in [0.3, 0.4) is 0 Å². The standard InChI is InChI=1S/C18H34N4O2/c1-15(17(24)19-18(2,3)4)21-12-10-20(11-13-21)14-16(23)22-8-6-5-7-9-22/h15H,5-14H2,1-4H3,(H,19,24)/t15-/m0/s1. The molecule has 1 atom stereocenters. The Morgan fingerprint density at radius 3 is 2.08 bits per heavy atom. The minimum Gasteiger partial charge on any atom is -0.350 e. The first-order chi connectivity index (χ1) is 11.3. The number of rotatable bonds is 4. The summed E-state index contributed by atoms with van der Waals surface area (Å²) >= 11 is 0. The molecule has 24 heavy (non-hydrogen) atoms. The molecule has 0 unspecified atom stereocenters. The molecule has 2 heterocycles. The topological polar surface area (TPSA) is 55.9 Å². The summed E-state index contributed by atoms with van der Waals surface area (Å²) in [5.41, 5.74) is -0.200. The molecule has 0 aromatic rings. The third kappa shape index (κ3) is 5.74. The average Bonchev–Trinajstić information content (AvgIpc) is 2.54. The summed E-state index contributed by atoms with van der Waals surface area (Å²) in [6.45, 7) is 13.7. The molecular weight excluding hydrogens is 304 g/mol. The quantitative estimate of drug-likeness (QED) is 0.828. The van der Waals surface area contributed by atoms with E-state index in [0.717, 1.165) is 52.1 Å². The number of hydrogen-bond donors (Lipinski definition) is 1. The van der Waals surface area contributed by atoms with Gasteiger partial charge in [0, 0.05) is 44.8 Å². The number of carbonyl (C=O) groups excluding carboxylic acids is 2. The number of carbonyl (C=O) groups is 2. The molecule has 0 aliphatic carbocycles. The van der Waals surface area contributed by atoms with Gasteiger partial charge in [-0.05, 0) is 47.0 Å². The van der Waals surface area contributed by atoms with Crippen molar-refractivity contribution in [1.82, 2.24) is 20.0 Å². The van der Waals surface area contributed by atoms with Gasteiger partial charge in [-0.2, -0.15) is 0 Å². The van der Waals surface area contributed by atoms with E-state index in [9.17, 15) is 9.59 Å². The Labute approximate surface area is 146 Å². The Morgan fingerprint density at radius 1 is 0.958 bits per heavy atom. The molecule has 6 heteroatoms. The molecule has 138 valence electrons. The van der Waals surface area contributed by atoms with E-state index < -0.39 is 0 Å². The summed E-state index contributed by atoms with van der Waals surface area (Å²) in [6.07, 6.45) is 3.52. The van der Waals surface area contributed by atoms with E-state index in [2.05, 4.69) is 15.1 Å². The fourth-order valence-corrected chi connectivity index (χ4v) is 3.38. The van der Waals surface area contributed by atoms with Crippen molar-refractivity contribution in [2.75, 3.05) is 45.8 Å². The zero-order chi connectivity index (χ0) is 17.7. The van der Waals surface area contributed by atoms with Crippen molar-refractivity contribution in [2.24, 2.45) is 0 Å². The Morgan fingerprint density at radius 2 is 1.54 bits per heavy atom. The van der Waals surface area contributed by atoms with Crippen LogP contribution in [-0.2, 0) is 9.59 Å². The van der Waals surface area contributed by atoms with E-state index in [-0.39, 0.29) is 23.4 Å². The molecule has 0 aromatic carbocycles. The highest BCUT2D eigenvalue weighted by molar-refractivity contribution is 5.82. The second-order valence-corrected chi connectivity index (χ2v) is 8.17. The first-order valence-electron chi connectivity index (χ1n) is 9.32. The number of piperidine rings is 1. The molecular formula is C18H34N4O2. The van der Waals surface area contributed by atoms with Gasteiger partial charge < -0.3 is 10.2 Å². The van der Waals surface area contributed by atoms with Crippen molar-refractivity contribution in [1.29, 1.82) is 0 Å². The molecule has 0 spiro atoms. The predicted octanol–water partition coefficient (Wildman–Crippen LogP) is 0.920. The Balaban J connectivity index is 1.74. The third-order valence-corrected chi connectivity index (χ3v) is 4.90. The van der Waals surface area contributed by atoms with Crippen molar-refractivity contribution < 1.29 is 9.59 Å². The van der Waals surface area contributed by atoms with Crippen molar-refractivity contribution in [2.45, 2.75) is 58.5 Å². The van der Waals surface area contributed by atoms with Crippen LogP contribution in [-0.4, -0.2) is 83.9 Å². The van der Waals surface area contributed by atoms with Gasteiger partial charge in [0.1, 0.15) is 0 Å². The second-order valence-electron chi connectivity index (χ2n) is 8.17. The van der Waals surface area contributed by atoms with E-state index in [0.29, 0.717) is 6.54 Å².